The topological polar surface area (TPSA) is 44.5 Å². The van der Waals surface area contributed by atoms with Crippen LogP contribution in [0.5, 0.6) is 5.75 Å². The molecule has 0 aliphatic rings. The lowest BCUT2D eigenvalue weighted by Crippen LogP contribution is -2.04. The third-order valence-electron chi connectivity index (χ3n) is 1.98. The second kappa shape index (κ2) is 6.67. The van der Waals surface area contributed by atoms with E-state index in [1.807, 2.05) is 18.2 Å². The standard InChI is InChI=1S/C11H16ClNO2/c1-14-11-4-3-9(7-10(11)12)8-15-6-2-5-13/h3-4,7H,2,5-6,8,13H2,1H3. The van der Waals surface area contributed by atoms with Crippen molar-refractivity contribution in [3.63, 3.8) is 0 Å². The zero-order chi connectivity index (χ0) is 11.1. The zero-order valence-corrected chi connectivity index (χ0v) is 9.59. The van der Waals surface area contributed by atoms with Gasteiger partial charge in [-0.3, -0.25) is 0 Å². The molecule has 0 heterocycles. The largest absolute Gasteiger partial charge is 0.495 e. The van der Waals surface area contributed by atoms with Crippen molar-refractivity contribution in [2.45, 2.75) is 13.0 Å². The van der Waals surface area contributed by atoms with Crippen molar-refractivity contribution in [2.24, 2.45) is 5.73 Å². The molecule has 1 aromatic rings. The van der Waals surface area contributed by atoms with E-state index in [2.05, 4.69) is 0 Å². The Balaban J connectivity index is 2.45. The lowest BCUT2D eigenvalue weighted by Gasteiger charge is -2.06. The average molecular weight is 230 g/mol. The van der Waals surface area contributed by atoms with Crippen LogP contribution in [0.4, 0.5) is 0 Å². The van der Waals surface area contributed by atoms with Crippen molar-refractivity contribution < 1.29 is 9.47 Å². The summed E-state index contributed by atoms with van der Waals surface area (Å²) in [5.41, 5.74) is 6.39. The van der Waals surface area contributed by atoms with Crippen molar-refractivity contribution >= 4 is 11.6 Å². The zero-order valence-electron chi connectivity index (χ0n) is 8.83. The lowest BCUT2D eigenvalue weighted by atomic mass is 10.2. The van der Waals surface area contributed by atoms with Gasteiger partial charge in [0.15, 0.2) is 0 Å². The molecule has 1 rings (SSSR count). The molecule has 1 aromatic carbocycles. The van der Waals surface area contributed by atoms with Gasteiger partial charge in [0.25, 0.3) is 0 Å². The number of hydrogen-bond acceptors (Lipinski definition) is 3. The van der Waals surface area contributed by atoms with Crippen molar-refractivity contribution in [3.05, 3.63) is 28.8 Å². The van der Waals surface area contributed by atoms with E-state index in [1.54, 1.807) is 7.11 Å². The minimum absolute atomic E-state index is 0.559. The highest BCUT2D eigenvalue weighted by Crippen LogP contribution is 2.25. The maximum Gasteiger partial charge on any atom is 0.137 e. The number of benzene rings is 1. The summed E-state index contributed by atoms with van der Waals surface area (Å²) in [7, 11) is 1.60. The Morgan fingerprint density at radius 2 is 2.20 bits per heavy atom. The second-order valence-corrected chi connectivity index (χ2v) is 3.57. The maximum atomic E-state index is 5.97. The smallest absolute Gasteiger partial charge is 0.137 e. The molecule has 0 unspecified atom stereocenters. The summed E-state index contributed by atoms with van der Waals surface area (Å²) in [5, 5.41) is 0.609. The summed E-state index contributed by atoms with van der Waals surface area (Å²) in [4.78, 5) is 0. The molecule has 84 valence electrons. The Morgan fingerprint density at radius 3 is 2.80 bits per heavy atom. The molecule has 4 heteroatoms. The van der Waals surface area contributed by atoms with Gasteiger partial charge in [-0.05, 0) is 30.7 Å². The first-order valence-corrected chi connectivity index (χ1v) is 5.26. The van der Waals surface area contributed by atoms with Gasteiger partial charge in [0, 0.05) is 6.61 Å². The molecule has 15 heavy (non-hydrogen) atoms. The first kappa shape index (κ1) is 12.3. The van der Waals surface area contributed by atoms with Crippen LogP contribution in [0.15, 0.2) is 18.2 Å². The first-order chi connectivity index (χ1) is 7.27. The minimum atomic E-state index is 0.559. The van der Waals surface area contributed by atoms with Gasteiger partial charge < -0.3 is 15.2 Å². The SMILES string of the molecule is COc1ccc(COCCCN)cc1Cl. The summed E-state index contributed by atoms with van der Waals surface area (Å²) in [6, 6.07) is 5.62. The highest BCUT2D eigenvalue weighted by molar-refractivity contribution is 6.32. The van der Waals surface area contributed by atoms with Gasteiger partial charge in [-0.15, -0.1) is 0 Å². The van der Waals surface area contributed by atoms with Crippen LogP contribution in [0.2, 0.25) is 5.02 Å². The fourth-order valence-electron chi connectivity index (χ4n) is 1.18. The van der Waals surface area contributed by atoms with Gasteiger partial charge in [-0.1, -0.05) is 17.7 Å². The van der Waals surface area contributed by atoms with Gasteiger partial charge in [0.2, 0.25) is 0 Å². The van der Waals surface area contributed by atoms with E-state index in [9.17, 15) is 0 Å². The summed E-state index contributed by atoms with van der Waals surface area (Å²) in [6.45, 7) is 1.90. The number of rotatable bonds is 6. The molecule has 0 aromatic heterocycles. The Hall–Kier alpha value is -0.770. The van der Waals surface area contributed by atoms with E-state index in [1.165, 1.54) is 0 Å². The fourth-order valence-corrected chi connectivity index (χ4v) is 1.46. The van der Waals surface area contributed by atoms with E-state index in [0.717, 1.165) is 12.0 Å². The Bertz CT molecular complexity index is 305. The average Bonchev–Trinajstić information content (AvgIpc) is 2.25. The van der Waals surface area contributed by atoms with Crippen LogP contribution in [-0.2, 0) is 11.3 Å². The molecule has 0 aliphatic heterocycles. The Kier molecular flexibility index (Phi) is 5.47. The highest BCUT2D eigenvalue weighted by atomic mass is 35.5. The molecular weight excluding hydrogens is 214 g/mol. The van der Waals surface area contributed by atoms with Gasteiger partial charge in [-0.2, -0.15) is 0 Å². The van der Waals surface area contributed by atoms with Crippen LogP contribution >= 0.6 is 11.6 Å². The molecule has 3 nitrogen and oxygen atoms in total. The van der Waals surface area contributed by atoms with Crippen molar-refractivity contribution in [3.8, 4) is 5.75 Å². The second-order valence-electron chi connectivity index (χ2n) is 3.16. The van der Waals surface area contributed by atoms with Crippen molar-refractivity contribution in [2.75, 3.05) is 20.3 Å². The fraction of sp³-hybridized carbons (Fsp3) is 0.455. The molecule has 0 bridgehead atoms. The highest BCUT2D eigenvalue weighted by Gasteiger charge is 2.01. The number of nitrogens with two attached hydrogens (primary N) is 1. The van der Waals surface area contributed by atoms with E-state index < -0.39 is 0 Å². The molecule has 0 fully saturated rings. The summed E-state index contributed by atoms with van der Waals surface area (Å²) in [5.74, 6) is 0.683. The van der Waals surface area contributed by atoms with Gasteiger partial charge in [-0.25, -0.2) is 0 Å². The monoisotopic (exact) mass is 229 g/mol. The van der Waals surface area contributed by atoms with Crippen LogP contribution in [0.1, 0.15) is 12.0 Å². The molecule has 2 N–H and O–H groups in total. The summed E-state index contributed by atoms with van der Waals surface area (Å²) < 4.78 is 10.5. The van der Waals surface area contributed by atoms with Gasteiger partial charge in [0.05, 0.1) is 18.7 Å². The van der Waals surface area contributed by atoms with Crippen molar-refractivity contribution in [1.82, 2.24) is 0 Å². The first-order valence-electron chi connectivity index (χ1n) is 4.88. The number of hydrogen-bond donors (Lipinski definition) is 1. The van der Waals surface area contributed by atoms with E-state index in [-0.39, 0.29) is 0 Å². The maximum absolute atomic E-state index is 5.97. The molecule has 0 radical (unpaired) electrons. The molecule has 0 aliphatic carbocycles. The number of ether oxygens (including phenoxy) is 2. The third-order valence-corrected chi connectivity index (χ3v) is 2.27. The molecule has 0 saturated carbocycles. The third kappa shape index (κ3) is 4.08. The lowest BCUT2D eigenvalue weighted by molar-refractivity contribution is 0.120. The molecule has 0 amide bonds. The van der Waals surface area contributed by atoms with E-state index in [0.29, 0.717) is 30.5 Å². The van der Waals surface area contributed by atoms with Crippen LogP contribution in [0.25, 0.3) is 0 Å². The minimum Gasteiger partial charge on any atom is -0.495 e. The molecule has 0 atom stereocenters. The van der Waals surface area contributed by atoms with Crippen LogP contribution in [0, 0.1) is 0 Å². The van der Waals surface area contributed by atoms with Crippen LogP contribution < -0.4 is 10.5 Å². The van der Waals surface area contributed by atoms with E-state index >= 15 is 0 Å². The molecular formula is C11H16ClNO2. The van der Waals surface area contributed by atoms with E-state index in [4.69, 9.17) is 26.8 Å². The van der Waals surface area contributed by atoms with Gasteiger partial charge >= 0.3 is 0 Å². The number of halogens is 1. The summed E-state index contributed by atoms with van der Waals surface area (Å²) >= 11 is 5.97. The van der Waals surface area contributed by atoms with Crippen molar-refractivity contribution in [1.29, 1.82) is 0 Å². The molecule has 0 saturated heterocycles. The Morgan fingerprint density at radius 1 is 1.40 bits per heavy atom. The van der Waals surface area contributed by atoms with Gasteiger partial charge in [0.1, 0.15) is 5.75 Å². The quantitative estimate of drug-likeness (QED) is 0.761. The predicted octanol–water partition coefficient (Wildman–Crippen LogP) is 2.21. The Labute approximate surface area is 95.1 Å². The molecule has 0 spiro atoms. The number of methoxy groups -OCH3 is 1. The van der Waals surface area contributed by atoms with Crippen LogP contribution in [0.3, 0.4) is 0 Å². The summed E-state index contributed by atoms with van der Waals surface area (Å²) in [6.07, 6.45) is 0.879. The van der Waals surface area contributed by atoms with Crippen LogP contribution in [-0.4, -0.2) is 20.3 Å². The predicted molar refractivity (Wildman–Crippen MR) is 61.3 cm³/mol. The normalized spacial score (nSPS) is 10.3.